The molecular formula is C21H25N5O3. The first kappa shape index (κ1) is 19.2. The van der Waals surface area contributed by atoms with Gasteiger partial charge in [-0.15, -0.1) is 0 Å². The molecule has 0 radical (unpaired) electrons. The monoisotopic (exact) mass is 395 g/mol. The molecule has 3 heterocycles. The van der Waals surface area contributed by atoms with E-state index in [4.69, 9.17) is 20.3 Å². The quantitative estimate of drug-likeness (QED) is 0.686. The first-order valence-electron chi connectivity index (χ1n) is 9.69. The third-order valence-electron chi connectivity index (χ3n) is 5.38. The molecule has 1 saturated heterocycles. The molecule has 1 atom stereocenters. The zero-order chi connectivity index (χ0) is 20.4. The number of rotatable bonds is 6. The smallest absolute Gasteiger partial charge is 0.257 e. The molecule has 0 bridgehead atoms. The van der Waals surface area contributed by atoms with Crippen molar-refractivity contribution in [3.05, 3.63) is 47.8 Å². The normalized spacial score (nSPS) is 16.4. The Hall–Kier alpha value is -3.13. The van der Waals surface area contributed by atoms with Gasteiger partial charge in [-0.05, 0) is 30.7 Å². The standard InChI is InChI=1S/C21H25N5O3/c1-28-15-5-6-16(18(12-15)29-2)21(27)25-10-7-14(13-25)19-17-4-3-9-23-20(17)26(24-19)11-8-22/h3-6,9,12,14H,7-8,10-11,13,22H2,1-2H3/t14-/m1/s1. The Morgan fingerprint density at radius 1 is 1.28 bits per heavy atom. The molecule has 8 heteroatoms. The third kappa shape index (κ3) is 3.51. The highest BCUT2D eigenvalue weighted by molar-refractivity contribution is 5.97. The van der Waals surface area contributed by atoms with E-state index in [1.165, 1.54) is 0 Å². The molecule has 1 aliphatic heterocycles. The van der Waals surface area contributed by atoms with Gasteiger partial charge in [0, 0.05) is 43.2 Å². The van der Waals surface area contributed by atoms with Crippen LogP contribution in [0.4, 0.5) is 0 Å². The lowest BCUT2D eigenvalue weighted by molar-refractivity contribution is 0.0787. The summed E-state index contributed by atoms with van der Waals surface area (Å²) in [4.78, 5) is 19.5. The van der Waals surface area contributed by atoms with Crippen molar-refractivity contribution in [2.45, 2.75) is 18.9 Å². The van der Waals surface area contributed by atoms with Gasteiger partial charge in [0.25, 0.3) is 5.91 Å². The average molecular weight is 395 g/mol. The molecule has 0 saturated carbocycles. The van der Waals surface area contributed by atoms with Crippen molar-refractivity contribution >= 4 is 16.9 Å². The van der Waals surface area contributed by atoms with Crippen LogP contribution in [0.5, 0.6) is 11.5 Å². The fraction of sp³-hybridized carbons (Fsp3) is 0.381. The number of amides is 1. The van der Waals surface area contributed by atoms with E-state index in [1.807, 2.05) is 21.7 Å². The number of fused-ring (bicyclic) bond motifs is 1. The maximum absolute atomic E-state index is 13.1. The molecule has 0 spiro atoms. The number of nitrogens with zero attached hydrogens (tertiary/aromatic N) is 4. The van der Waals surface area contributed by atoms with E-state index in [0.717, 1.165) is 23.1 Å². The van der Waals surface area contributed by atoms with Gasteiger partial charge in [0.05, 0.1) is 32.0 Å². The van der Waals surface area contributed by atoms with Crippen molar-refractivity contribution in [3.63, 3.8) is 0 Å². The van der Waals surface area contributed by atoms with Crippen molar-refractivity contribution in [1.29, 1.82) is 0 Å². The van der Waals surface area contributed by atoms with E-state index in [0.29, 0.717) is 43.2 Å². The molecule has 2 aromatic heterocycles. The van der Waals surface area contributed by atoms with Crippen LogP contribution in [0.25, 0.3) is 11.0 Å². The molecule has 3 aromatic rings. The van der Waals surface area contributed by atoms with E-state index in [-0.39, 0.29) is 11.8 Å². The summed E-state index contributed by atoms with van der Waals surface area (Å²) in [6.07, 6.45) is 2.62. The lowest BCUT2D eigenvalue weighted by Gasteiger charge is -2.18. The van der Waals surface area contributed by atoms with Crippen LogP contribution in [0, 0.1) is 0 Å². The first-order valence-corrected chi connectivity index (χ1v) is 9.69. The van der Waals surface area contributed by atoms with E-state index < -0.39 is 0 Å². The number of methoxy groups -OCH3 is 2. The Morgan fingerprint density at radius 3 is 2.90 bits per heavy atom. The van der Waals surface area contributed by atoms with Crippen molar-refractivity contribution in [1.82, 2.24) is 19.7 Å². The molecule has 2 N–H and O–H groups in total. The number of hydrogen-bond acceptors (Lipinski definition) is 6. The molecule has 1 amide bonds. The van der Waals surface area contributed by atoms with Crippen molar-refractivity contribution in [3.8, 4) is 11.5 Å². The molecule has 0 aliphatic carbocycles. The lowest BCUT2D eigenvalue weighted by atomic mass is 10.0. The zero-order valence-electron chi connectivity index (χ0n) is 16.7. The highest BCUT2D eigenvalue weighted by Gasteiger charge is 2.32. The number of ether oxygens (including phenoxy) is 2. The van der Waals surface area contributed by atoms with Gasteiger partial charge >= 0.3 is 0 Å². The van der Waals surface area contributed by atoms with Crippen LogP contribution < -0.4 is 15.2 Å². The average Bonchev–Trinajstić information content (AvgIpc) is 3.38. The first-order chi connectivity index (χ1) is 14.2. The largest absolute Gasteiger partial charge is 0.497 e. The van der Waals surface area contributed by atoms with Crippen LogP contribution >= 0.6 is 0 Å². The predicted molar refractivity (Wildman–Crippen MR) is 109 cm³/mol. The molecule has 152 valence electrons. The predicted octanol–water partition coefficient (Wildman–Crippen LogP) is 2.04. The number of likely N-dealkylation sites (tertiary alicyclic amines) is 1. The van der Waals surface area contributed by atoms with E-state index >= 15 is 0 Å². The van der Waals surface area contributed by atoms with Gasteiger partial charge in [-0.2, -0.15) is 5.10 Å². The Balaban J connectivity index is 1.59. The van der Waals surface area contributed by atoms with Gasteiger partial charge < -0.3 is 20.1 Å². The summed E-state index contributed by atoms with van der Waals surface area (Å²) in [6, 6.07) is 9.21. The van der Waals surface area contributed by atoms with Gasteiger partial charge in [-0.25, -0.2) is 9.67 Å². The van der Waals surface area contributed by atoms with Gasteiger partial charge in [-0.3, -0.25) is 4.79 Å². The minimum absolute atomic E-state index is 0.0455. The third-order valence-corrected chi connectivity index (χ3v) is 5.38. The number of hydrogen-bond donors (Lipinski definition) is 1. The van der Waals surface area contributed by atoms with Crippen LogP contribution in [0.3, 0.4) is 0 Å². The van der Waals surface area contributed by atoms with Crippen LogP contribution in [-0.2, 0) is 6.54 Å². The Kier molecular flexibility index (Phi) is 5.35. The molecule has 0 unspecified atom stereocenters. The van der Waals surface area contributed by atoms with Crippen LogP contribution in [0.2, 0.25) is 0 Å². The number of benzene rings is 1. The summed E-state index contributed by atoms with van der Waals surface area (Å²) < 4.78 is 12.5. The number of carbonyl (C=O) groups excluding carboxylic acids is 1. The SMILES string of the molecule is COc1ccc(C(=O)N2CC[C@@H](c3nn(CCN)c4ncccc34)C2)c(OC)c1. The van der Waals surface area contributed by atoms with Crippen molar-refractivity contribution in [2.24, 2.45) is 5.73 Å². The maximum Gasteiger partial charge on any atom is 0.257 e. The minimum Gasteiger partial charge on any atom is -0.497 e. The summed E-state index contributed by atoms with van der Waals surface area (Å²) in [5.41, 5.74) is 8.09. The summed E-state index contributed by atoms with van der Waals surface area (Å²) in [7, 11) is 3.14. The maximum atomic E-state index is 13.1. The second-order valence-corrected chi connectivity index (χ2v) is 7.07. The highest BCUT2D eigenvalue weighted by Crippen LogP contribution is 2.33. The van der Waals surface area contributed by atoms with Gasteiger partial charge in [0.15, 0.2) is 5.65 Å². The molecule has 4 rings (SSSR count). The minimum atomic E-state index is -0.0455. The van der Waals surface area contributed by atoms with E-state index in [9.17, 15) is 4.79 Å². The van der Waals surface area contributed by atoms with Crippen LogP contribution in [-0.4, -0.2) is 59.4 Å². The van der Waals surface area contributed by atoms with E-state index in [1.54, 1.807) is 38.6 Å². The summed E-state index contributed by atoms with van der Waals surface area (Å²) >= 11 is 0. The highest BCUT2D eigenvalue weighted by atomic mass is 16.5. The second kappa shape index (κ2) is 8.08. The Labute approximate surface area is 169 Å². The summed E-state index contributed by atoms with van der Waals surface area (Å²) in [5.74, 6) is 1.28. The van der Waals surface area contributed by atoms with Gasteiger partial charge in [0.1, 0.15) is 11.5 Å². The molecule has 1 aliphatic rings. The zero-order valence-corrected chi connectivity index (χ0v) is 16.7. The number of nitrogens with two attached hydrogens (primary N) is 1. The van der Waals surface area contributed by atoms with Crippen LogP contribution in [0.15, 0.2) is 36.5 Å². The molecule has 29 heavy (non-hydrogen) atoms. The molecule has 1 fully saturated rings. The van der Waals surface area contributed by atoms with Crippen molar-refractivity contribution in [2.75, 3.05) is 33.9 Å². The number of aromatic nitrogens is 3. The Bertz CT molecular complexity index is 1030. The fourth-order valence-corrected chi connectivity index (χ4v) is 3.93. The summed E-state index contributed by atoms with van der Waals surface area (Å²) in [5, 5.41) is 5.81. The van der Waals surface area contributed by atoms with Crippen molar-refractivity contribution < 1.29 is 14.3 Å². The van der Waals surface area contributed by atoms with Crippen LogP contribution in [0.1, 0.15) is 28.4 Å². The number of pyridine rings is 1. The molecular weight excluding hydrogens is 370 g/mol. The summed E-state index contributed by atoms with van der Waals surface area (Å²) in [6.45, 7) is 2.40. The lowest BCUT2D eigenvalue weighted by Crippen LogP contribution is -2.28. The van der Waals surface area contributed by atoms with E-state index in [2.05, 4.69) is 4.98 Å². The topological polar surface area (TPSA) is 95.5 Å². The molecule has 8 nitrogen and oxygen atoms in total. The molecule has 1 aromatic carbocycles. The second-order valence-electron chi connectivity index (χ2n) is 7.07. The van der Waals surface area contributed by atoms with Gasteiger partial charge in [-0.1, -0.05) is 0 Å². The van der Waals surface area contributed by atoms with Gasteiger partial charge in [0.2, 0.25) is 0 Å². The number of carbonyl (C=O) groups is 1. The fourth-order valence-electron chi connectivity index (χ4n) is 3.93. The Morgan fingerprint density at radius 2 is 2.14 bits per heavy atom.